The van der Waals surface area contributed by atoms with Crippen molar-refractivity contribution in [2.24, 2.45) is 0 Å². The molecule has 3 rings (SSSR count). The molecule has 0 aliphatic carbocycles. The molecule has 1 amide bonds. The molecule has 3 aromatic rings. The van der Waals surface area contributed by atoms with Crippen LogP contribution in [-0.4, -0.2) is 11.0 Å². The van der Waals surface area contributed by atoms with Gasteiger partial charge in [-0.1, -0.05) is 42.5 Å². The van der Waals surface area contributed by atoms with E-state index in [1.165, 1.54) is 0 Å². The van der Waals surface area contributed by atoms with Crippen LogP contribution in [0, 0.1) is 7.14 Å². The van der Waals surface area contributed by atoms with E-state index in [9.17, 15) is 9.90 Å². The van der Waals surface area contributed by atoms with Crippen molar-refractivity contribution in [3.05, 3.63) is 79.4 Å². The van der Waals surface area contributed by atoms with Gasteiger partial charge in [0.15, 0.2) is 0 Å². The third-order valence-electron chi connectivity index (χ3n) is 3.52. The lowest BCUT2D eigenvalue weighted by Crippen LogP contribution is -2.12. The highest BCUT2D eigenvalue weighted by molar-refractivity contribution is 14.1. The van der Waals surface area contributed by atoms with Crippen molar-refractivity contribution >= 4 is 56.8 Å². The summed E-state index contributed by atoms with van der Waals surface area (Å²) in [7, 11) is 0. The van der Waals surface area contributed by atoms with Crippen LogP contribution >= 0.6 is 45.2 Å². The number of rotatable bonds is 3. The van der Waals surface area contributed by atoms with Gasteiger partial charge in [-0.25, -0.2) is 0 Å². The van der Waals surface area contributed by atoms with Crippen LogP contribution in [0.1, 0.15) is 10.4 Å². The van der Waals surface area contributed by atoms with E-state index in [1.54, 1.807) is 6.07 Å². The van der Waals surface area contributed by atoms with Crippen LogP contribution in [0.25, 0.3) is 11.1 Å². The number of phenolic OH excluding ortho intramolecular Hbond substituents is 1. The third-order valence-corrected chi connectivity index (χ3v) is 4.97. The van der Waals surface area contributed by atoms with Crippen molar-refractivity contribution in [2.45, 2.75) is 0 Å². The number of hydrogen-bond donors (Lipinski definition) is 2. The molecule has 0 saturated heterocycles. The summed E-state index contributed by atoms with van der Waals surface area (Å²) in [6.07, 6.45) is 0. The van der Waals surface area contributed by atoms with E-state index in [-0.39, 0.29) is 17.2 Å². The molecule has 0 aliphatic rings. The Morgan fingerprint density at radius 3 is 2.17 bits per heavy atom. The highest BCUT2D eigenvalue weighted by Crippen LogP contribution is 2.28. The molecule has 0 fully saturated rings. The normalized spacial score (nSPS) is 10.4. The highest BCUT2D eigenvalue weighted by Gasteiger charge is 2.15. The summed E-state index contributed by atoms with van der Waals surface area (Å²) in [5, 5.41) is 12.9. The van der Waals surface area contributed by atoms with Crippen LogP contribution in [0.4, 0.5) is 5.69 Å². The van der Waals surface area contributed by atoms with Crippen molar-refractivity contribution < 1.29 is 9.90 Å². The molecular weight excluding hydrogens is 528 g/mol. The average Bonchev–Trinajstić information content (AvgIpc) is 2.59. The Kier molecular flexibility index (Phi) is 5.40. The Bertz CT molecular complexity index is 878. The Morgan fingerprint density at radius 1 is 0.875 bits per heavy atom. The fourth-order valence-corrected chi connectivity index (χ4v) is 4.16. The largest absolute Gasteiger partial charge is 0.506 e. The van der Waals surface area contributed by atoms with Crippen molar-refractivity contribution in [1.82, 2.24) is 0 Å². The molecule has 3 aromatic carbocycles. The van der Waals surface area contributed by atoms with Crippen LogP contribution in [0.5, 0.6) is 5.75 Å². The van der Waals surface area contributed by atoms with Crippen molar-refractivity contribution in [1.29, 1.82) is 0 Å². The van der Waals surface area contributed by atoms with Gasteiger partial charge in [-0.2, -0.15) is 0 Å². The molecule has 24 heavy (non-hydrogen) atoms. The standard InChI is InChI=1S/C19H13I2NO2/c20-14-10-16(18(23)17(21)11-14)19(24)22-15-8-6-13(7-9-15)12-4-2-1-3-5-12/h1-11,23H,(H,22,24). The first-order chi connectivity index (χ1) is 11.5. The number of phenols is 1. The zero-order chi connectivity index (χ0) is 17.1. The van der Waals surface area contributed by atoms with Crippen LogP contribution < -0.4 is 5.32 Å². The maximum absolute atomic E-state index is 12.4. The first-order valence-corrected chi connectivity index (χ1v) is 9.35. The van der Waals surface area contributed by atoms with Crippen LogP contribution in [0.3, 0.4) is 0 Å². The predicted octanol–water partition coefficient (Wildman–Crippen LogP) is 5.52. The summed E-state index contributed by atoms with van der Waals surface area (Å²) in [5.41, 5.74) is 3.17. The van der Waals surface area contributed by atoms with E-state index in [0.717, 1.165) is 14.7 Å². The summed E-state index contributed by atoms with van der Waals surface area (Å²) in [5.74, 6) is -0.314. The topological polar surface area (TPSA) is 49.3 Å². The SMILES string of the molecule is O=C(Nc1ccc(-c2ccccc2)cc1)c1cc(I)cc(I)c1O. The monoisotopic (exact) mass is 541 g/mol. The molecule has 0 heterocycles. The zero-order valence-electron chi connectivity index (χ0n) is 12.5. The van der Waals surface area contributed by atoms with Crippen molar-refractivity contribution in [2.75, 3.05) is 5.32 Å². The van der Waals surface area contributed by atoms with E-state index in [2.05, 4.69) is 27.9 Å². The third kappa shape index (κ3) is 3.89. The van der Waals surface area contributed by atoms with E-state index < -0.39 is 0 Å². The molecule has 0 aromatic heterocycles. The van der Waals surface area contributed by atoms with Gasteiger partial charge in [0, 0.05) is 9.26 Å². The summed E-state index contributed by atoms with van der Waals surface area (Å²) in [6.45, 7) is 0. The Labute approximate surface area is 167 Å². The van der Waals surface area contributed by atoms with Gasteiger partial charge in [0.05, 0.1) is 9.13 Å². The molecule has 5 heteroatoms. The van der Waals surface area contributed by atoms with Gasteiger partial charge in [-0.3, -0.25) is 4.79 Å². The van der Waals surface area contributed by atoms with E-state index in [1.807, 2.05) is 83.3 Å². The van der Waals surface area contributed by atoms with E-state index in [4.69, 9.17) is 0 Å². The summed E-state index contributed by atoms with van der Waals surface area (Å²) < 4.78 is 1.56. The lowest BCUT2D eigenvalue weighted by atomic mass is 10.1. The average molecular weight is 541 g/mol. The summed E-state index contributed by atoms with van der Waals surface area (Å²) in [6, 6.07) is 21.2. The Morgan fingerprint density at radius 2 is 1.50 bits per heavy atom. The fourth-order valence-electron chi connectivity index (χ4n) is 2.31. The number of carbonyl (C=O) groups is 1. The van der Waals surface area contributed by atoms with Crippen LogP contribution in [0.15, 0.2) is 66.7 Å². The molecule has 0 bridgehead atoms. The molecular formula is C19H13I2NO2. The minimum Gasteiger partial charge on any atom is -0.506 e. The van der Waals surface area contributed by atoms with E-state index in [0.29, 0.717) is 9.26 Å². The molecule has 2 N–H and O–H groups in total. The van der Waals surface area contributed by atoms with Gasteiger partial charge in [0.1, 0.15) is 5.75 Å². The zero-order valence-corrected chi connectivity index (χ0v) is 16.8. The van der Waals surface area contributed by atoms with Gasteiger partial charge in [-0.05, 0) is 80.6 Å². The number of anilines is 1. The van der Waals surface area contributed by atoms with Gasteiger partial charge in [0.25, 0.3) is 5.91 Å². The number of carbonyl (C=O) groups excluding carboxylic acids is 1. The number of nitrogens with one attached hydrogen (secondary N) is 1. The van der Waals surface area contributed by atoms with Gasteiger partial charge >= 0.3 is 0 Å². The number of aromatic hydroxyl groups is 1. The number of benzene rings is 3. The number of halogens is 2. The second kappa shape index (κ2) is 7.52. The second-order valence-electron chi connectivity index (χ2n) is 5.18. The lowest BCUT2D eigenvalue weighted by molar-refractivity contribution is 0.102. The predicted molar refractivity (Wildman–Crippen MR) is 113 cm³/mol. The molecule has 3 nitrogen and oxygen atoms in total. The molecule has 0 saturated carbocycles. The maximum Gasteiger partial charge on any atom is 0.259 e. The lowest BCUT2D eigenvalue weighted by Gasteiger charge is -2.09. The number of hydrogen-bond acceptors (Lipinski definition) is 2. The smallest absolute Gasteiger partial charge is 0.259 e. The molecule has 120 valence electrons. The first kappa shape index (κ1) is 17.2. The van der Waals surface area contributed by atoms with Gasteiger partial charge in [-0.15, -0.1) is 0 Å². The molecule has 0 atom stereocenters. The van der Waals surface area contributed by atoms with Crippen molar-refractivity contribution in [3.8, 4) is 16.9 Å². The second-order valence-corrected chi connectivity index (χ2v) is 7.59. The number of amides is 1. The molecule has 0 unspecified atom stereocenters. The van der Waals surface area contributed by atoms with Gasteiger partial charge in [0.2, 0.25) is 0 Å². The van der Waals surface area contributed by atoms with Crippen molar-refractivity contribution in [3.63, 3.8) is 0 Å². The van der Waals surface area contributed by atoms with E-state index >= 15 is 0 Å². The van der Waals surface area contributed by atoms with Gasteiger partial charge < -0.3 is 10.4 Å². The summed E-state index contributed by atoms with van der Waals surface area (Å²) >= 11 is 4.14. The maximum atomic E-state index is 12.4. The minimum atomic E-state index is -0.323. The Balaban J connectivity index is 1.81. The minimum absolute atomic E-state index is 0.00872. The highest BCUT2D eigenvalue weighted by atomic mass is 127. The molecule has 0 aliphatic heterocycles. The molecule has 0 spiro atoms. The van der Waals surface area contributed by atoms with Crippen LogP contribution in [-0.2, 0) is 0 Å². The Hall–Kier alpha value is -1.61. The molecule has 0 radical (unpaired) electrons. The fraction of sp³-hybridized carbons (Fsp3) is 0. The van der Waals surface area contributed by atoms with Crippen LogP contribution in [0.2, 0.25) is 0 Å². The summed E-state index contributed by atoms with van der Waals surface area (Å²) in [4.78, 5) is 12.4. The quantitative estimate of drug-likeness (QED) is 0.430. The first-order valence-electron chi connectivity index (χ1n) is 7.19.